The largest absolute Gasteiger partial charge is 0.481 e. The van der Waals surface area contributed by atoms with E-state index in [1.165, 1.54) is 0 Å². The molecular weight excluding hydrogens is 272 g/mol. The van der Waals surface area contributed by atoms with Crippen LogP contribution in [0.1, 0.15) is 6.92 Å². The number of anilines is 2. The van der Waals surface area contributed by atoms with Crippen molar-refractivity contribution in [3.05, 3.63) is 11.3 Å². The molecule has 0 aromatic carbocycles. The first-order valence-electron chi connectivity index (χ1n) is 5.51. The molecule has 2 rings (SSSR count). The van der Waals surface area contributed by atoms with Gasteiger partial charge in [0.25, 0.3) is 0 Å². The Balaban J connectivity index is 2.21. The van der Waals surface area contributed by atoms with Gasteiger partial charge >= 0.3 is 6.01 Å². The lowest BCUT2D eigenvalue weighted by Gasteiger charge is -2.04. The molecule has 0 aliphatic heterocycles. The highest BCUT2D eigenvalue weighted by molar-refractivity contribution is 6.28. The number of aryl methyl sites for hydroxylation is 1. The molecule has 8 nitrogen and oxygen atoms in total. The van der Waals surface area contributed by atoms with Crippen LogP contribution in [0.25, 0.3) is 0 Å². The highest BCUT2D eigenvalue weighted by Crippen LogP contribution is 2.19. The summed E-state index contributed by atoms with van der Waals surface area (Å²) in [5.74, 6) is 1.39. The zero-order chi connectivity index (χ0) is 13.8. The normalized spacial score (nSPS) is 10.3. The number of hydrogen-bond acceptors (Lipinski definition) is 7. The lowest BCUT2D eigenvalue weighted by Crippen LogP contribution is -2.04. The highest BCUT2D eigenvalue weighted by atomic mass is 35.5. The molecular formula is C10H13ClN6O2. The van der Waals surface area contributed by atoms with Gasteiger partial charge in [-0.15, -0.1) is 0 Å². The lowest BCUT2D eigenvalue weighted by atomic mass is 10.6. The van der Waals surface area contributed by atoms with Crippen LogP contribution in [0.15, 0.2) is 6.07 Å². The maximum absolute atomic E-state index is 5.78. The Bertz CT molecular complexity index is 573. The van der Waals surface area contributed by atoms with Crippen LogP contribution >= 0.6 is 11.6 Å². The molecule has 0 atom stereocenters. The Hall–Kier alpha value is -2.09. The second kappa shape index (κ2) is 5.70. The summed E-state index contributed by atoms with van der Waals surface area (Å²) in [6, 6.07) is 1.87. The number of rotatable bonds is 5. The fraction of sp³-hybridized carbons (Fsp3) is 0.400. The van der Waals surface area contributed by atoms with Crippen molar-refractivity contribution >= 4 is 23.4 Å². The maximum atomic E-state index is 5.78. The molecule has 0 fully saturated rings. The maximum Gasteiger partial charge on any atom is 0.322 e. The molecule has 0 bridgehead atoms. The van der Waals surface area contributed by atoms with Crippen molar-refractivity contribution < 1.29 is 9.47 Å². The summed E-state index contributed by atoms with van der Waals surface area (Å²) in [5, 5.41) is 7.12. The molecule has 2 aromatic rings. The number of ether oxygens (including phenoxy) is 2. The van der Waals surface area contributed by atoms with Crippen molar-refractivity contribution in [2.75, 3.05) is 19.0 Å². The third kappa shape index (κ3) is 3.22. The first kappa shape index (κ1) is 13.3. The molecule has 19 heavy (non-hydrogen) atoms. The standard InChI is InChI=1S/C10H13ClN6O2/c1-4-19-10-14-8(11)13-9(15-10)12-6-5-7(18-3)17(2)16-6/h5H,4H2,1-3H3,(H,12,13,14,15,16). The van der Waals surface area contributed by atoms with Crippen LogP contribution < -0.4 is 14.8 Å². The third-order valence-corrected chi connectivity index (χ3v) is 2.32. The van der Waals surface area contributed by atoms with E-state index in [-0.39, 0.29) is 17.2 Å². The number of methoxy groups -OCH3 is 1. The van der Waals surface area contributed by atoms with Crippen LogP contribution in [0.5, 0.6) is 11.9 Å². The molecule has 2 aromatic heterocycles. The minimum atomic E-state index is 0.0452. The van der Waals surface area contributed by atoms with E-state index in [4.69, 9.17) is 21.1 Å². The molecule has 0 spiro atoms. The molecule has 1 N–H and O–H groups in total. The summed E-state index contributed by atoms with van der Waals surface area (Å²) in [4.78, 5) is 11.8. The fourth-order valence-corrected chi connectivity index (χ4v) is 1.55. The third-order valence-electron chi connectivity index (χ3n) is 2.15. The van der Waals surface area contributed by atoms with Crippen LogP contribution in [0, 0.1) is 0 Å². The van der Waals surface area contributed by atoms with Crippen molar-refractivity contribution in [1.82, 2.24) is 24.7 Å². The summed E-state index contributed by atoms with van der Waals surface area (Å²) < 4.78 is 11.9. The van der Waals surface area contributed by atoms with Crippen LogP contribution in [0.3, 0.4) is 0 Å². The molecule has 0 unspecified atom stereocenters. The van der Waals surface area contributed by atoms with Crippen LogP contribution in [0.4, 0.5) is 11.8 Å². The van der Waals surface area contributed by atoms with E-state index in [9.17, 15) is 0 Å². The van der Waals surface area contributed by atoms with Gasteiger partial charge in [0.05, 0.1) is 13.7 Å². The molecule has 0 aliphatic carbocycles. The number of nitrogens with zero attached hydrogens (tertiary/aromatic N) is 5. The Labute approximate surface area is 114 Å². The molecule has 0 aliphatic rings. The van der Waals surface area contributed by atoms with Crippen molar-refractivity contribution in [3.8, 4) is 11.9 Å². The van der Waals surface area contributed by atoms with E-state index < -0.39 is 0 Å². The van der Waals surface area contributed by atoms with Gasteiger partial charge in [-0.2, -0.15) is 20.1 Å². The Morgan fingerprint density at radius 3 is 2.79 bits per heavy atom. The number of nitrogens with one attached hydrogen (secondary N) is 1. The van der Waals surface area contributed by atoms with E-state index in [2.05, 4.69) is 25.4 Å². The van der Waals surface area contributed by atoms with Gasteiger partial charge in [0.1, 0.15) is 0 Å². The number of aromatic nitrogens is 5. The van der Waals surface area contributed by atoms with Gasteiger partial charge in [-0.05, 0) is 18.5 Å². The Morgan fingerprint density at radius 2 is 2.16 bits per heavy atom. The zero-order valence-electron chi connectivity index (χ0n) is 10.7. The summed E-state index contributed by atoms with van der Waals surface area (Å²) >= 11 is 5.78. The summed E-state index contributed by atoms with van der Waals surface area (Å²) in [6.45, 7) is 2.27. The minimum absolute atomic E-state index is 0.0452. The van der Waals surface area contributed by atoms with E-state index in [0.29, 0.717) is 18.3 Å². The predicted octanol–water partition coefficient (Wildman–Crippen LogP) is 1.41. The van der Waals surface area contributed by atoms with Crippen molar-refractivity contribution in [1.29, 1.82) is 0 Å². The number of hydrogen-bond donors (Lipinski definition) is 1. The van der Waals surface area contributed by atoms with Gasteiger partial charge in [0.2, 0.25) is 17.1 Å². The average Bonchev–Trinajstić information content (AvgIpc) is 2.69. The van der Waals surface area contributed by atoms with E-state index in [1.807, 2.05) is 6.92 Å². The Kier molecular flexibility index (Phi) is 4.00. The van der Waals surface area contributed by atoms with Gasteiger partial charge in [0, 0.05) is 13.1 Å². The quantitative estimate of drug-likeness (QED) is 0.888. The zero-order valence-corrected chi connectivity index (χ0v) is 11.5. The second-order valence-corrected chi connectivity index (χ2v) is 3.80. The molecule has 0 amide bonds. The van der Waals surface area contributed by atoms with Gasteiger partial charge < -0.3 is 14.8 Å². The molecule has 9 heteroatoms. The molecule has 0 saturated carbocycles. The molecule has 0 radical (unpaired) electrons. The van der Waals surface area contributed by atoms with E-state index >= 15 is 0 Å². The van der Waals surface area contributed by atoms with E-state index in [0.717, 1.165) is 0 Å². The first-order chi connectivity index (χ1) is 9.12. The smallest absolute Gasteiger partial charge is 0.322 e. The van der Waals surface area contributed by atoms with Crippen LogP contribution in [-0.4, -0.2) is 38.4 Å². The van der Waals surface area contributed by atoms with Gasteiger partial charge in [0.15, 0.2) is 5.82 Å². The lowest BCUT2D eigenvalue weighted by molar-refractivity contribution is 0.312. The van der Waals surface area contributed by atoms with Crippen molar-refractivity contribution in [3.63, 3.8) is 0 Å². The molecule has 102 valence electrons. The molecule has 0 saturated heterocycles. The first-order valence-corrected chi connectivity index (χ1v) is 5.89. The summed E-state index contributed by atoms with van der Waals surface area (Å²) in [6.07, 6.45) is 0. The van der Waals surface area contributed by atoms with Gasteiger partial charge in [-0.1, -0.05) is 0 Å². The monoisotopic (exact) mass is 284 g/mol. The van der Waals surface area contributed by atoms with Gasteiger partial charge in [-0.25, -0.2) is 4.68 Å². The molecule has 2 heterocycles. The van der Waals surface area contributed by atoms with Crippen molar-refractivity contribution in [2.24, 2.45) is 7.05 Å². The minimum Gasteiger partial charge on any atom is -0.481 e. The second-order valence-electron chi connectivity index (χ2n) is 3.46. The van der Waals surface area contributed by atoms with Crippen LogP contribution in [-0.2, 0) is 7.05 Å². The van der Waals surface area contributed by atoms with Crippen LogP contribution in [0.2, 0.25) is 5.28 Å². The average molecular weight is 285 g/mol. The fourth-order valence-electron chi connectivity index (χ4n) is 1.40. The number of halogens is 1. The topological polar surface area (TPSA) is 87.0 Å². The van der Waals surface area contributed by atoms with Crippen molar-refractivity contribution in [2.45, 2.75) is 6.92 Å². The highest BCUT2D eigenvalue weighted by Gasteiger charge is 2.09. The van der Waals surface area contributed by atoms with E-state index in [1.54, 1.807) is 24.9 Å². The summed E-state index contributed by atoms with van der Waals surface area (Å²) in [5.41, 5.74) is 0. The summed E-state index contributed by atoms with van der Waals surface area (Å²) in [7, 11) is 3.32. The Morgan fingerprint density at radius 1 is 1.37 bits per heavy atom. The SMILES string of the molecule is CCOc1nc(Cl)nc(Nc2cc(OC)n(C)n2)n1. The predicted molar refractivity (Wildman–Crippen MR) is 69.0 cm³/mol. The van der Waals surface area contributed by atoms with Gasteiger partial charge in [-0.3, -0.25) is 0 Å².